The van der Waals surface area contributed by atoms with E-state index in [-0.39, 0.29) is 5.38 Å². The monoisotopic (exact) mass is 354 g/mol. The Labute approximate surface area is 132 Å². The Hall–Kier alpha value is -1.19. The molecule has 0 saturated heterocycles. The van der Waals surface area contributed by atoms with Crippen LogP contribution in [-0.2, 0) is 0 Å². The maximum atomic E-state index is 6.56. The first-order chi connectivity index (χ1) is 9.56. The molecule has 4 heteroatoms. The Bertz CT molecular complexity index is 613. The van der Waals surface area contributed by atoms with Crippen molar-refractivity contribution in [2.75, 3.05) is 14.2 Å². The van der Waals surface area contributed by atoms with E-state index in [0.717, 1.165) is 15.6 Å². The van der Waals surface area contributed by atoms with Crippen LogP contribution < -0.4 is 9.47 Å². The number of hydrogen-bond acceptors (Lipinski definition) is 2. The number of halogens is 2. The summed E-state index contributed by atoms with van der Waals surface area (Å²) in [5, 5.41) is -0.230. The van der Waals surface area contributed by atoms with Gasteiger partial charge in [0.2, 0.25) is 0 Å². The quantitative estimate of drug-likeness (QED) is 0.710. The third-order valence-corrected chi connectivity index (χ3v) is 4.55. The van der Waals surface area contributed by atoms with E-state index < -0.39 is 0 Å². The number of alkyl halides is 1. The fourth-order valence-electron chi connectivity index (χ4n) is 1.97. The number of aryl methyl sites for hydroxylation is 1. The number of ether oxygens (including phenoxy) is 2. The molecule has 0 radical (unpaired) electrons. The molecule has 0 heterocycles. The lowest BCUT2D eigenvalue weighted by atomic mass is 10.0. The molecule has 0 saturated carbocycles. The van der Waals surface area contributed by atoms with Gasteiger partial charge in [0.15, 0.2) is 11.5 Å². The van der Waals surface area contributed by atoms with Crippen LogP contribution in [0.3, 0.4) is 0 Å². The maximum absolute atomic E-state index is 6.56. The molecule has 106 valence electrons. The number of methoxy groups -OCH3 is 2. The minimum atomic E-state index is -0.230. The Kier molecular flexibility index (Phi) is 4.95. The average Bonchev–Trinajstić information content (AvgIpc) is 2.48. The molecule has 0 spiro atoms. The van der Waals surface area contributed by atoms with Gasteiger partial charge in [-0.1, -0.05) is 34.1 Å². The van der Waals surface area contributed by atoms with E-state index in [0.29, 0.717) is 11.5 Å². The highest BCUT2D eigenvalue weighted by Gasteiger charge is 2.14. The highest BCUT2D eigenvalue weighted by molar-refractivity contribution is 9.10. The van der Waals surface area contributed by atoms with Gasteiger partial charge in [-0.3, -0.25) is 0 Å². The summed E-state index contributed by atoms with van der Waals surface area (Å²) in [6, 6.07) is 11.9. The summed E-state index contributed by atoms with van der Waals surface area (Å²) in [5.41, 5.74) is 3.20. The first-order valence-electron chi connectivity index (χ1n) is 6.19. The van der Waals surface area contributed by atoms with Crippen molar-refractivity contribution in [2.24, 2.45) is 0 Å². The Morgan fingerprint density at radius 1 is 0.950 bits per heavy atom. The normalized spacial score (nSPS) is 12.1. The smallest absolute Gasteiger partial charge is 0.161 e. The summed E-state index contributed by atoms with van der Waals surface area (Å²) in [7, 11) is 3.24. The number of hydrogen-bond donors (Lipinski definition) is 0. The first kappa shape index (κ1) is 15.2. The number of rotatable bonds is 4. The zero-order valence-electron chi connectivity index (χ0n) is 11.6. The lowest BCUT2D eigenvalue weighted by molar-refractivity contribution is 0.354. The van der Waals surface area contributed by atoms with Crippen LogP contribution in [0.25, 0.3) is 0 Å². The molecule has 0 amide bonds. The topological polar surface area (TPSA) is 18.5 Å². The van der Waals surface area contributed by atoms with Crippen LogP contribution in [0, 0.1) is 6.92 Å². The van der Waals surface area contributed by atoms with Crippen molar-refractivity contribution in [3.63, 3.8) is 0 Å². The van der Waals surface area contributed by atoms with Gasteiger partial charge in [-0.05, 0) is 41.8 Å². The molecular formula is C16H16BrClO2. The van der Waals surface area contributed by atoms with Crippen molar-refractivity contribution in [2.45, 2.75) is 12.3 Å². The molecule has 20 heavy (non-hydrogen) atoms. The van der Waals surface area contributed by atoms with E-state index in [1.807, 2.05) is 37.3 Å². The molecule has 0 N–H and O–H groups in total. The van der Waals surface area contributed by atoms with E-state index in [1.165, 1.54) is 5.56 Å². The molecular weight excluding hydrogens is 340 g/mol. The molecule has 2 nitrogen and oxygen atoms in total. The SMILES string of the molecule is COc1ccc(C(Cl)c2ccc(C)c(Br)c2)cc1OC. The molecule has 2 rings (SSSR count). The van der Waals surface area contributed by atoms with Crippen molar-refractivity contribution in [1.82, 2.24) is 0 Å². The third kappa shape index (κ3) is 3.10. The minimum absolute atomic E-state index is 0.230. The predicted molar refractivity (Wildman–Crippen MR) is 86.1 cm³/mol. The minimum Gasteiger partial charge on any atom is -0.493 e. The second-order valence-corrected chi connectivity index (χ2v) is 5.78. The molecule has 2 aromatic rings. The summed E-state index contributed by atoms with van der Waals surface area (Å²) in [6.45, 7) is 2.05. The van der Waals surface area contributed by atoms with Crippen LogP contribution in [0.4, 0.5) is 0 Å². The second-order valence-electron chi connectivity index (χ2n) is 4.49. The average molecular weight is 356 g/mol. The van der Waals surface area contributed by atoms with Crippen molar-refractivity contribution in [3.05, 3.63) is 57.6 Å². The van der Waals surface area contributed by atoms with Gasteiger partial charge in [-0.25, -0.2) is 0 Å². The van der Waals surface area contributed by atoms with Gasteiger partial charge in [0.25, 0.3) is 0 Å². The first-order valence-corrected chi connectivity index (χ1v) is 7.41. The van der Waals surface area contributed by atoms with Crippen LogP contribution in [0.15, 0.2) is 40.9 Å². The van der Waals surface area contributed by atoms with Crippen LogP contribution in [0.1, 0.15) is 22.1 Å². The summed E-state index contributed by atoms with van der Waals surface area (Å²) in [4.78, 5) is 0. The van der Waals surface area contributed by atoms with Crippen LogP contribution in [-0.4, -0.2) is 14.2 Å². The highest BCUT2D eigenvalue weighted by Crippen LogP contribution is 2.36. The van der Waals surface area contributed by atoms with Crippen molar-refractivity contribution in [3.8, 4) is 11.5 Å². The molecule has 0 bridgehead atoms. The third-order valence-electron chi connectivity index (χ3n) is 3.19. The van der Waals surface area contributed by atoms with Crippen LogP contribution >= 0.6 is 27.5 Å². The van der Waals surface area contributed by atoms with Gasteiger partial charge in [0.1, 0.15) is 0 Å². The molecule has 1 unspecified atom stereocenters. The molecule has 0 aliphatic carbocycles. The summed E-state index contributed by atoms with van der Waals surface area (Å²) in [5.74, 6) is 1.38. The van der Waals surface area contributed by atoms with Gasteiger partial charge in [0, 0.05) is 4.47 Å². The largest absolute Gasteiger partial charge is 0.493 e. The lowest BCUT2D eigenvalue weighted by Crippen LogP contribution is -1.97. The van der Waals surface area contributed by atoms with Crippen molar-refractivity contribution < 1.29 is 9.47 Å². The second kappa shape index (κ2) is 6.51. The number of benzene rings is 2. The van der Waals surface area contributed by atoms with Gasteiger partial charge >= 0.3 is 0 Å². The maximum Gasteiger partial charge on any atom is 0.161 e. The van der Waals surface area contributed by atoms with Gasteiger partial charge in [0.05, 0.1) is 19.6 Å². The fourth-order valence-corrected chi connectivity index (χ4v) is 2.64. The molecule has 1 atom stereocenters. The standard InChI is InChI=1S/C16H16BrClO2/c1-10-4-5-11(8-13(10)17)16(18)12-6-7-14(19-2)15(9-12)20-3/h4-9,16H,1-3H3. The van der Waals surface area contributed by atoms with E-state index in [2.05, 4.69) is 22.0 Å². The zero-order valence-corrected chi connectivity index (χ0v) is 14.0. The summed E-state index contributed by atoms with van der Waals surface area (Å²) >= 11 is 10.1. The van der Waals surface area contributed by atoms with E-state index >= 15 is 0 Å². The molecule has 0 aliphatic rings. The summed E-state index contributed by atoms with van der Waals surface area (Å²) < 4.78 is 11.6. The van der Waals surface area contributed by atoms with E-state index in [4.69, 9.17) is 21.1 Å². The van der Waals surface area contributed by atoms with Crippen LogP contribution in [0.2, 0.25) is 0 Å². The predicted octanol–water partition coefficient (Wildman–Crippen LogP) is 5.10. The molecule has 0 aliphatic heterocycles. The Morgan fingerprint density at radius 2 is 1.55 bits per heavy atom. The molecule has 0 fully saturated rings. The zero-order chi connectivity index (χ0) is 14.7. The molecule has 2 aromatic carbocycles. The van der Waals surface area contributed by atoms with Crippen molar-refractivity contribution in [1.29, 1.82) is 0 Å². The van der Waals surface area contributed by atoms with Gasteiger partial charge < -0.3 is 9.47 Å². The summed E-state index contributed by atoms with van der Waals surface area (Å²) in [6.07, 6.45) is 0. The highest BCUT2D eigenvalue weighted by atomic mass is 79.9. The molecule has 0 aromatic heterocycles. The van der Waals surface area contributed by atoms with Gasteiger partial charge in [-0.2, -0.15) is 0 Å². The fraction of sp³-hybridized carbons (Fsp3) is 0.250. The van der Waals surface area contributed by atoms with Crippen LogP contribution in [0.5, 0.6) is 11.5 Å². The Balaban J connectivity index is 2.37. The Morgan fingerprint density at radius 3 is 2.15 bits per heavy atom. The lowest BCUT2D eigenvalue weighted by Gasteiger charge is -2.14. The van der Waals surface area contributed by atoms with E-state index in [1.54, 1.807) is 14.2 Å². The van der Waals surface area contributed by atoms with Crippen molar-refractivity contribution >= 4 is 27.5 Å². The van der Waals surface area contributed by atoms with E-state index in [9.17, 15) is 0 Å². The van der Waals surface area contributed by atoms with Gasteiger partial charge in [-0.15, -0.1) is 11.6 Å².